The van der Waals surface area contributed by atoms with Gasteiger partial charge in [0.1, 0.15) is 11.5 Å². The van der Waals surface area contributed by atoms with Gasteiger partial charge in [0.25, 0.3) is 0 Å². The highest BCUT2D eigenvalue weighted by atomic mass is 16.3. The first-order valence-electron chi connectivity index (χ1n) is 9.20. The van der Waals surface area contributed by atoms with E-state index < -0.39 is 0 Å². The average Bonchev–Trinajstić information content (AvgIpc) is 2.52. The fourth-order valence-electron chi connectivity index (χ4n) is 4.15. The maximum absolute atomic E-state index is 12.6. The molecule has 0 aliphatic heterocycles. The highest BCUT2D eigenvalue weighted by Crippen LogP contribution is 2.38. The number of benzene rings is 1. The molecular formula is C22H26O5. The monoisotopic (exact) mass is 370 g/mol. The van der Waals surface area contributed by atoms with Crippen molar-refractivity contribution in [1.29, 1.82) is 0 Å². The van der Waals surface area contributed by atoms with Crippen LogP contribution in [0.25, 0.3) is 0 Å². The number of carbonyl (C=O) groups is 4. The second kappa shape index (κ2) is 7.99. The standard InChI is InChI=1S/C22H26O5/c1-6-16(24)22-18(26)9-15(10-19(22)27)20-11(2)7-12(3)21(14(20)5)17(25)8-13(4)23/h7,15,24H,6,8-10H2,1-5H3. The average molecular weight is 370 g/mol. The minimum atomic E-state index is -0.355. The fourth-order valence-corrected chi connectivity index (χ4v) is 4.15. The summed E-state index contributed by atoms with van der Waals surface area (Å²) in [6, 6.07) is 1.87. The first-order chi connectivity index (χ1) is 12.6. The van der Waals surface area contributed by atoms with Crippen LogP contribution in [0.15, 0.2) is 17.4 Å². The minimum Gasteiger partial charge on any atom is -0.511 e. The molecule has 0 spiro atoms. The summed E-state index contributed by atoms with van der Waals surface area (Å²) in [5.41, 5.74) is 3.69. The summed E-state index contributed by atoms with van der Waals surface area (Å²) >= 11 is 0. The van der Waals surface area contributed by atoms with Crippen LogP contribution in [0.4, 0.5) is 0 Å². The maximum Gasteiger partial charge on any atom is 0.170 e. The largest absolute Gasteiger partial charge is 0.511 e. The van der Waals surface area contributed by atoms with E-state index in [1.165, 1.54) is 6.92 Å². The van der Waals surface area contributed by atoms with E-state index in [0.29, 0.717) is 5.56 Å². The van der Waals surface area contributed by atoms with Gasteiger partial charge in [0.05, 0.1) is 12.0 Å². The van der Waals surface area contributed by atoms with E-state index in [-0.39, 0.29) is 66.1 Å². The molecule has 1 aromatic rings. The molecule has 0 bridgehead atoms. The van der Waals surface area contributed by atoms with E-state index in [9.17, 15) is 24.3 Å². The Hall–Kier alpha value is -2.56. The Morgan fingerprint density at radius 2 is 1.63 bits per heavy atom. The molecule has 1 saturated carbocycles. The van der Waals surface area contributed by atoms with Gasteiger partial charge in [-0.3, -0.25) is 19.2 Å². The van der Waals surface area contributed by atoms with Gasteiger partial charge in [-0.1, -0.05) is 13.0 Å². The van der Waals surface area contributed by atoms with Crippen molar-refractivity contribution in [2.45, 2.75) is 66.2 Å². The minimum absolute atomic E-state index is 0.0796. The maximum atomic E-state index is 12.6. The molecule has 27 heavy (non-hydrogen) atoms. The van der Waals surface area contributed by atoms with Crippen LogP contribution in [0.5, 0.6) is 0 Å². The van der Waals surface area contributed by atoms with Crippen LogP contribution in [0.1, 0.15) is 78.1 Å². The summed E-state index contributed by atoms with van der Waals surface area (Å²) in [4.78, 5) is 48.9. The number of hydrogen-bond acceptors (Lipinski definition) is 5. The van der Waals surface area contributed by atoms with Gasteiger partial charge in [-0.25, -0.2) is 0 Å². The summed E-state index contributed by atoms with van der Waals surface area (Å²) in [5.74, 6) is -1.63. The highest BCUT2D eigenvalue weighted by molar-refractivity contribution is 6.22. The van der Waals surface area contributed by atoms with Crippen LogP contribution in [0, 0.1) is 20.8 Å². The third-order valence-corrected chi connectivity index (χ3v) is 5.17. The number of Topliss-reactive ketones (excluding diaryl/α,β-unsaturated/α-hetero) is 4. The fraction of sp³-hybridized carbons (Fsp3) is 0.455. The number of allylic oxidation sites excluding steroid dienone is 2. The van der Waals surface area contributed by atoms with E-state index in [4.69, 9.17) is 0 Å². The summed E-state index contributed by atoms with van der Waals surface area (Å²) in [5, 5.41) is 9.89. The predicted octanol–water partition coefficient (Wildman–Crippen LogP) is 4.01. The molecule has 0 aromatic heterocycles. The van der Waals surface area contributed by atoms with Crippen molar-refractivity contribution in [3.63, 3.8) is 0 Å². The van der Waals surface area contributed by atoms with Crippen molar-refractivity contribution in [2.75, 3.05) is 0 Å². The van der Waals surface area contributed by atoms with Crippen molar-refractivity contribution in [1.82, 2.24) is 0 Å². The Labute approximate surface area is 159 Å². The Morgan fingerprint density at radius 1 is 1.07 bits per heavy atom. The van der Waals surface area contributed by atoms with Crippen molar-refractivity contribution >= 4 is 23.1 Å². The van der Waals surface area contributed by atoms with Crippen molar-refractivity contribution in [2.24, 2.45) is 0 Å². The zero-order valence-electron chi connectivity index (χ0n) is 16.6. The molecule has 0 radical (unpaired) electrons. The Bertz CT molecular complexity index is 853. The molecule has 0 atom stereocenters. The SMILES string of the molecule is CCC(O)=C1C(=O)CC(c2c(C)cc(C)c(C(=O)CC(C)=O)c2C)CC1=O. The quantitative estimate of drug-likeness (QED) is 0.278. The summed E-state index contributed by atoms with van der Waals surface area (Å²) in [6.45, 7) is 8.61. The van der Waals surface area contributed by atoms with Gasteiger partial charge in [0.2, 0.25) is 0 Å². The van der Waals surface area contributed by atoms with Crippen LogP contribution in [0.2, 0.25) is 0 Å². The second-order valence-corrected chi connectivity index (χ2v) is 7.35. The molecule has 0 heterocycles. The van der Waals surface area contributed by atoms with Gasteiger partial charge in [0, 0.05) is 24.8 Å². The van der Waals surface area contributed by atoms with Gasteiger partial charge in [-0.05, 0) is 55.9 Å². The molecule has 5 nitrogen and oxygen atoms in total. The first-order valence-corrected chi connectivity index (χ1v) is 9.20. The number of aliphatic hydroxyl groups excluding tert-OH is 1. The van der Waals surface area contributed by atoms with Crippen LogP contribution in [-0.4, -0.2) is 28.2 Å². The second-order valence-electron chi connectivity index (χ2n) is 7.35. The zero-order valence-corrected chi connectivity index (χ0v) is 16.6. The van der Waals surface area contributed by atoms with E-state index in [1.54, 1.807) is 6.92 Å². The smallest absolute Gasteiger partial charge is 0.170 e. The molecule has 1 N–H and O–H groups in total. The summed E-state index contributed by atoms with van der Waals surface area (Å²) in [7, 11) is 0. The predicted molar refractivity (Wildman–Crippen MR) is 102 cm³/mol. The molecular weight excluding hydrogens is 344 g/mol. The number of rotatable bonds is 5. The Balaban J connectivity index is 2.51. The molecule has 0 unspecified atom stereocenters. The lowest BCUT2D eigenvalue weighted by Crippen LogP contribution is -2.27. The number of aliphatic hydroxyl groups is 1. The van der Waals surface area contributed by atoms with E-state index in [2.05, 4.69) is 0 Å². The van der Waals surface area contributed by atoms with E-state index >= 15 is 0 Å². The van der Waals surface area contributed by atoms with Gasteiger partial charge >= 0.3 is 0 Å². The van der Waals surface area contributed by atoms with Crippen molar-refractivity contribution in [3.05, 3.63) is 45.2 Å². The summed E-state index contributed by atoms with van der Waals surface area (Å²) in [6.07, 6.45) is 0.320. The lowest BCUT2D eigenvalue weighted by Gasteiger charge is -2.27. The zero-order chi connectivity index (χ0) is 20.5. The van der Waals surface area contributed by atoms with Gasteiger partial charge in [-0.15, -0.1) is 0 Å². The van der Waals surface area contributed by atoms with Crippen LogP contribution in [0.3, 0.4) is 0 Å². The number of hydrogen-bond donors (Lipinski definition) is 1. The molecule has 1 aliphatic carbocycles. The Morgan fingerprint density at radius 3 is 2.11 bits per heavy atom. The molecule has 144 valence electrons. The third-order valence-electron chi connectivity index (χ3n) is 5.17. The molecule has 0 amide bonds. The lowest BCUT2D eigenvalue weighted by molar-refractivity contribution is -0.124. The summed E-state index contributed by atoms with van der Waals surface area (Å²) < 4.78 is 0. The molecule has 2 rings (SSSR count). The van der Waals surface area contributed by atoms with Crippen LogP contribution in [-0.2, 0) is 14.4 Å². The third kappa shape index (κ3) is 4.07. The van der Waals surface area contributed by atoms with E-state index in [0.717, 1.165) is 22.3 Å². The number of aryl methyl sites for hydroxylation is 2. The van der Waals surface area contributed by atoms with Gasteiger partial charge in [-0.2, -0.15) is 0 Å². The van der Waals surface area contributed by atoms with Crippen molar-refractivity contribution in [3.8, 4) is 0 Å². The molecule has 1 aromatic carbocycles. The molecule has 1 aliphatic rings. The Kier molecular flexibility index (Phi) is 6.14. The van der Waals surface area contributed by atoms with Gasteiger partial charge in [0.15, 0.2) is 17.3 Å². The first kappa shape index (κ1) is 20.7. The number of ketones is 4. The lowest BCUT2D eigenvalue weighted by atomic mass is 9.75. The van der Waals surface area contributed by atoms with Crippen LogP contribution >= 0.6 is 0 Å². The van der Waals surface area contributed by atoms with Gasteiger partial charge < -0.3 is 5.11 Å². The topological polar surface area (TPSA) is 88.5 Å². The van der Waals surface area contributed by atoms with E-state index in [1.807, 2.05) is 26.8 Å². The molecule has 1 fully saturated rings. The normalized spacial score (nSPS) is 17.2. The molecule has 5 heteroatoms. The number of carbonyl (C=O) groups excluding carboxylic acids is 4. The van der Waals surface area contributed by atoms with Crippen molar-refractivity contribution < 1.29 is 24.3 Å². The molecule has 0 saturated heterocycles. The highest BCUT2D eigenvalue weighted by Gasteiger charge is 2.35. The van der Waals surface area contributed by atoms with Crippen LogP contribution < -0.4 is 0 Å².